The summed E-state index contributed by atoms with van der Waals surface area (Å²) in [4.78, 5) is 15.4. The number of pyridine rings is 2. The van der Waals surface area contributed by atoms with Crippen molar-refractivity contribution in [2.75, 3.05) is 23.3 Å². The van der Waals surface area contributed by atoms with Gasteiger partial charge in [0.15, 0.2) is 11.6 Å². The molecule has 164 valence electrons. The lowest BCUT2D eigenvalue weighted by molar-refractivity contribution is 0.223. The first-order valence-electron chi connectivity index (χ1n) is 10.6. The lowest BCUT2D eigenvalue weighted by Gasteiger charge is -2.19. The number of aryl methyl sites for hydroxylation is 1. The topological polar surface area (TPSA) is 105 Å². The number of rotatable bonds is 6. The largest absolute Gasteiger partial charge is 0.485 e. The Morgan fingerprint density at radius 2 is 2.09 bits per heavy atom. The third-order valence-electron chi connectivity index (χ3n) is 5.51. The van der Waals surface area contributed by atoms with Gasteiger partial charge in [-0.15, -0.1) is 0 Å². The van der Waals surface area contributed by atoms with Gasteiger partial charge in [-0.2, -0.15) is 10.4 Å². The highest BCUT2D eigenvalue weighted by molar-refractivity contribution is 5.66. The summed E-state index contributed by atoms with van der Waals surface area (Å²) < 4.78 is 7.80. The molecule has 0 aliphatic carbocycles. The molecule has 0 unspecified atom stereocenters. The van der Waals surface area contributed by atoms with E-state index in [0.29, 0.717) is 17.9 Å². The number of hydrogen-bond acceptors (Lipinski definition) is 8. The average molecular weight is 438 g/mol. The monoisotopic (exact) mass is 438 g/mol. The molecule has 1 saturated heterocycles. The van der Waals surface area contributed by atoms with E-state index in [1.54, 1.807) is 29.5 Å². The Bertz CT molecular complexity index is 1310. The molecule has 4 heterocycles. The van der Waals surface area contributed by atoms with Gasteiger partial charge in [-0.1, -0.05) is 18.2 Å². The van der Waals surface area contributed by atoms with Crippen molar-refractivity contribution < 1.29 is 4.74 Å². The second kappa shape index (κ2) is 8.96. The predicted molar refractivity (Wildman–Crippen MR) is 124 cm³/mol. The first-order valence-corrected chi connectivity index (χ1v) is 10.6. The van der Waals surface area contributed by atoms with Crippen LogP contribution in [0.1, 0.15) is 12.0 Å². The van der Waals surface area contributed by atoms with E-state index >= 15 is 0 Å². The van der Waals surface area contributed by atoms with Crippen LogP contribution in [0.2, 0.25) is 0 Å². The summed E-state index contributed by atoms with van der Waals surface area (Å²) in [5, 5.41) is 16.8. The van der Waals surface area contributed by atoms with Gasteiger partial charge in [0.25, 0.3) is 0 Å². The molecule has 0 radical (unpaired) electrons. The van der Waals surface area contributed by atoms with Crippen LogP contribution >= 0.6 is 0 Å². The highest BCUT2D eigenvalue weighted by atomic mass is 16.5. The highest BCUT2D eigenvalue weighted by Crippen LogP contribution is 2.26. The lowest BCUT2D eigenvalue weighted by atomic mass is 10.2. The Balaban J connectivity index is 1.28. The second-order valence-corrected chi connectivity index (χ2v) is 7.75. The van der Waals surface area contributed by atoms with Crippen LogP contribution in [0.15, 0.2) is 67.3 Å². The molecule has 0 spiro atoms. The Hall–Kier alpha value is -4.45. The minimum absolute atomic E-state index is 0.0252. The molecule has 33 heavy (non-hydrogen) atoms. The number of aromatic nitrogens is 5. The molecule has 9 nitrogen and oxygen atoms in total. The van der Waals surface area contributed by atoms with E-state index in [1.807, 2.05) is 49.5 Å². The summed E-state index contributed by atoms with van der Waals surface area (Å²) >= 11 is 0. The fourth-order valence-electron chi connectivity index (χ4n) is 3.89. The zero-order valence-corrected chi connectivity index (χ0v) is 18.1. The molecule has 1 aromatic carbocycles. The number of nitrogens with zero attached hydrogens (tertiary/aromatic N) is 7. The van der Waals surface area contributed by atoms with Crippen LogP contribution in [-0.4, -0.2) is 43.9 Å². The first kappa shape index (κ1) is 20.5. The van der Waals surface area contributed by atoms with Crippen molar-refractivity contribution >= 4 is 17.3 Å². The predicted octanol–water partition coefficient (Wildman–Crippen LogP) is 3.55. The zero-order valence-electron chi connectivity index (χ0n) is 18.1. The highest BCUT2D eigenvalue weighted by Gasteiger charge is 2.26. The number of hydrogen-bond donors (Lipinski definition) is 1. The standard InChI is InChI=1S/C24H22N8O/c1-31-24(27-16-28-31)17-4-2-5-19(12-17)29-22-6-3-7-23(30-22)32-11-9-20(15-32)33-21-14-26-10-8-18(21)13-25/h2-8,10,12,14,16,20H,9,11,15H2,1H3,(H,29,30)/t20-/m0/s1. The minimum Gasteiger partial charge on any atom is -0.485 e. The maximum absolute atomic E-state index is 9.27. The van der Waals surface area contributed by atoms with Crippen LogP contribution in [0.5, 0.6) is 5.75 Å². The summed E-state index contributed by atoms with van der Waals surface area (Å²) in [7, 11) is 1.87. The molecule has 0 amide bonds. The number of nitriles is 1. The van der Waals surface area contributed by atoms with E-state index < -0.39 is 0 Å². The van der Waals surface area contributed by atoms with E-state index in [0.717, 1.165) is 41.7 Å². The number of benzene rings is 1. The van der Waals surface area contributed by atoms with E-state index in [2.05, 4.69) is 31.4 Å². The fraction of sp³-hybridized carbons (Fsp3) is 0.208. The molecular weight excluding hydrogens is 416 g/mol. The van der Waals surface area contributed by atoms with Gasteiger partial charge in [0.05, 0.1) is 18.3 Å². The van der Waals surface area contributed by atoms with Crippen molar-refractivity contribution in [1.82, 2.24) is 24.7 Å². The van der Waals surface area contributed by atoms with E-state index in [4.69, 9.17) is 9.72 Å². The molecule has 1 aliphatic rings. The van der Waals surface area contributed by atoms with Gasteiger partial charge in [0.2, 0.25) is 0 Å². The molecule has 1 atom stereocenters. The van der Waals surface area contributed by atoms with Crippen LogP contribution in [0, 0.1) is 11.3 Å². The fourth-order valence-corrected chi connectivity index (χ4v) is 3.89. The first-order chi connectivity index (χ1) is 16.2. The van der Waals surface area contributed by atoms with Crippen molar-refractivity contribution in [2.24, 2.45) is 7.05 Å². The van der Waals surface area contributed by atoms with Crippen molar-refractivity contribution in [2.45, 2.75) is 12.5 Å². The normalized spacial score (nSPS) is 15.3. The van der Waals surface area contributed by atoms with Crippen LogP contribution in [0.4, 0.5) is 17.3 Å². The average Bonchev–Trinajstić information content (AvgIpc) is 3.49. The summed E-state index contributed by atoms with van der Waals surface area (Å²) in [5.74, 6) is 2.96. The van der Waals surface area contributed by atoms with Crippen LogP contribution in [-0.2, 0) is 7.05 Å². The van der Waals surface area contributed by atoms with Gasteiger partial charge >= 0.3 is 0 Å². The molecular formula is C24H22N8O. The Morgan fingerprint density at radius 3 is 2.94 bits per heavy atom. The Kier molecular flexibility index (Phi) is 5.55. The van der Waals surface area contributed by atoms with Crippen LogP contribution in [0.3, 0.4) is 0 Å². The van der Waals surface area contributed by atoms with Crippen molar-refractivity contribution in [1.29, 1.82) is 5.26 Å². The van der Waals surface area contributed by atoms with Gasteiger partial charge in [-0.25, -0.2) is 14.6 Å². The molecule has 0 bridgehead atoms. The second-order valence-electron chi connectivity index (χ2n) is 7.75. The quantitative estimate of drug-likeness (QED) is 0.487. The summed E-state index contributed by atoms with van der Waals surface area (Å²) in [6, 6.07) is 17.7. The minimum atomic E-state index is -0.0252. The smallest absolute Gasteiger partial charge is 0.157 e. The van der Waals surface area contributed by atoms with Crippen molar-refractivity contribution in [3.63, 3.8) is 0 Å². The van der Waals surface area contributed by atoms with Crippen LogP contribution in [0.25, 0.3) is 11.4 Å². The number of ether oxygens (including phenoxy) is 1. The molecule has 1 fully saturated rings. The number of nitrogens with one attached hydrogen (secondary N) is 1. The Morgan fingerprint density at radius 1 is 1.18 bits per heavy atom. The molecule has 9 heteroatoms. The van der Waals surface area contributed by atoms with E-state index in [9.17, 15) is 5.26 Å². The van der Waals surface area contributed by atoms with Gasteiger partial charge in [0, 0.05) is 37.5 Å². The summed E-state index contributed by atoms with van der Waals surface area (Å²) in [6.45, 7) is 1.52. The maximum Gasteiger partial charge on any atom is 0.157 e. The summed E-state index contributed by atoms with van der Waals surface area (Å²) in [5.41, 5.74) is 2.39. The van der Waals surface area contributed by atoms with Crippen LogP contribution < -0.4 is 15.0 Å². The molecule has 1 N–H and O–H groups in total. The Labute approximate surface area is 191 Å². The third-order valence-corrected chi connectivity index (χ3v) is 5.51. The van der Waals surface area contributed by atoms with Gasteiger partial charge < -0.3 is 15.0 Å². The molecule has 4 aromatic rings. The third kappa shape index (κ3) is 4.45. The number of anilines is 3. The van der Waals surface area contributed by atoms with Crippen molar-refractivity contribution in [3.8, 4) is 23.2 Å². The zero-order chi connectivity index (χ0) is 22.6. The molecule has 5 rings (SSSR count). The lowest BCUT2D eigenvalue weighted by Crippen LogP contribution is -2.25. The SMILES string of the molecule is Cn1ncnc1-c1cccc(Nc2cccc(N3CC[C@H](Oc4cnccc4C#N)C3)n2)c1. The van der Waals surface area contributed by atoms with E-state index in [-0.39, 0.29) is 6.10 Å². The molecule has 1 aliphatic heterocycles. The summed E-state index contributed by atoms with van der Waals surface area (Å²) in [6.07, 6.45) is 5.56. The maximum atomic E-state index is 9.27. The van der Waals surface area contributed by atoms with Gasteiger partial charge in [0.1, 0.15) is 30.1 Å². The molecule has 0 saturated carbocycles. The van der Waals surface area contributed by atoms with Gasteiger partial charge in [-0.05, 0) is 30.3 Å². The van der Waals surface area contributed by atoms with Crippen molar-refractivity contribution in [3.05, 3.63) is 72.8 Å². The van der Waals surface area contributed by atoms with E-state index in [1.165, 1.54) is 0 Å². The van der Waals surface area contributed by atoms with Gasteiger partial charge in [-0.3, -0.25) is 4.98 Å². The molecule has 3 aromatic heterocycles.